The molecule has 6 heteroatoms. The standard InChI is InChI=1S/C45H66N2O4/c1-32-36(34-13-15-35(16-14-34)41(49)51-30-33-10-7-6-8-11-33)19-22-42(2)37(32)20-23-44(4)40(42)18-17-38-39-12-9-21-45(39,25-24-43(38,44)3)46-26-27-47(5)28-29-50-31-48/h6-8,10-11,13,19,31-32,35,37-40,46H,9,12,14-18,20-30H2,1-5H3/t32?,35-,37?,38?,39+,40?,42?,43+,44?,45?/m0/s1. The molecule has 6 aliphatic carbocycles. The van der Waals surface area contributed by atoms with Crippen LogP contribution < -0.4 is 5.32 Å². The summed E-state index contributed by atoms with van der Waals surface area (Å²) in [5.74, 6) is 3.63. The summed E-state index contributed by atoms with van der Waals surface area (Å²) in [4.78, 5) is 25.8. The molecule has 1 aromatic carbocycles. The van der Waals surface area contributed by atoms with Crippen molar-refractivity contribution in [2.24, 2.45) is 51.8 Å². The molecule has 4 fully saturated rings. The monoisotopic (exact) mass is 699 g/mol. The lowest BCUT2D eigenvalue weighted by Crippen LogP contribution is -2.67. The fourth-order valence-electron chi connectivity index (χ4n) is 13.6. The SMILES string of the molecule is CC1C(C2=CC[C@H](C(=O)OCc3ccccc3)CC2)=CCC2(C)C1CCC1(C)C2CCC2[C@H]3CCCC3(NCCN(C)CCOC=O)CC[C@]21C. The number of allylic oxidation sites excluding steroid dienone is 4. The zero-order valence-corrected chi connectivity index (χ0v) is 32.4. The molecular weight excluding hydrogens is 633 g/mol. The van der Waals surface area contributed by atoms with E-state index < -0.39 is 0 Å². The minimum atomic E-state index is -0.0399. The molecule has 0 amide bonds. The number of fused-ring (bicyclic) bond motifs is 7. The normalized spacial score (nSPS) is 40.2. The molecule has 4 saturated carbocycles. The van der Waals surface area contributed by atoms with Gasteiger partial charge in [0.25, 0.3) is 6.47 Å². The Labute approximate surface area is 308 Å². The molecule has 0 heterocycles. The van der Waals surface area contributed by atoms with Crippen molar-refractivity contribution < 1.29 is 19.1 Å². The van der Waals surface area contributed by atoms with Gasteiger partial charge in [0.2, 0.25) is 0 Å². The topological polar surface area (TPSA) is 67.9 Å². The number of esters is 1. The van der Waals surface area contributed by atoms with Gasteiger partial charge in [-0.1, -0.05) is 76.6 Å². The van der Waals surface area contributed by atoms with Crippen LogP contribution in [0.3, 0.4) is 0 Å². The fourth-order valence-corrected chi connectivity index (χ4v) is 13.6. The molecule has 7 unspecified atom stereocenters. The molecule has 51 heavy (non-hydrogen) atoms. The lowest BCUT2D eigenvalue weighted by atomic mass is 9.34. The van der Waals surface area contributed by atoms with Crippen LogP contribution in [0, 0.1) is 51.8 Å². The van der Waals surface area contributed by atoms with Crippen LogP contribution >= 0.6 is 0 Å². The Morgan fingerprint density at radius 2 is 1.75 bits per heavy atom. The highest BCUT2D eigenvalue weighted by Crippen LogP contribution is 2.75. The highest BCUT2D eigenvalue weighted by molar-refractivity contribution is 5.73. The van der Waals surface area contributed by atoms with Crippen molar-refractivity contribution in [3.63, 3.8) is 0 Å². The second kappa shape index (κ2) is 14.8. The predicted molar refractivity (Wildman–Crippen MR) is 204 cm³/mol. The minimum absolute atomic E-state index is 0.0199. The molecule has 280 valence electrons. The van der Waals surface area contributed by atoms with Gasteiger partial charge in [-0.05, 0) is 147 Å². The van der Waals surface area contributed by atoms with Crippen LogP contribution in [-0.4, -0.2) is 56.2 Å². The van der Waals surface area contributed by atoms with E-state index in [0.717, 1.165) is 68.1 Å². The van der Waals surface area contributed by atoms with E-state index in [1.54, 1.807) is 5.57 Å². The molecule has 0 radical (unpaired) electrons. The average Bonchev–Trinajstić information content (AvgIpc) is 3.56. The predicted octanol–water partition coefficient (Wildman–Crippen LogP) is 8.90. The average molecular weight is 699 g/mol. The quantitative estimate of drug-likeness (QED) is 0.134. The number of ether oxygens (including phenoxy) is 2. The molecule has 7 rings (SSSR count). The molecule has 0 saturated heterocycles. The molecule has 0 aliphatic heterocycles. The van der Waals surface area contributed by atoms with Gasteiger partial charge in [0.1, 0.15) is 13.2 Å². The van der Waals surface area contributed by atoms with E-state index in [1.165, 1.54) is 69.8 Å². The number of likely N-dealkylation sites (N-methyl/N-ethyl adjacent to an activating group) is 1. The zero-order chi connectivity index (χ0) is 35.9. The summed E-state index contributed by atoms with van der Waals surface area (Å²) < 4.78 is 10.7. The molecule has 6 aliphatic rings. The lowest BCUT2D eigenvalue weighted by molar-refractivity contribution is -0.212. The van der Waals surface area contributed by atoms with Gasteiger partial charge in [0.05, 0.1) is 5.92 Å². The van der Waals surface area contributed by atoms with Crippen molar-refractivity contribution in [3.05, 3.63) is 59.2 Å². The van der Waals surface area contributed by atoms with Crippen molar-refractivity contribution in [3.8, 4) is 0 Å². The molecule has 6 nitrogen and oxygen atoms in total. The fraction of sp³-hybridized carbons (Fsp3) is 0.733. The van der Waals surface area contributed by atoms with Crippen molar-refractivity contribution in [2.75, 3.05) is 33.3 Å². The molecule has 0 spiro atoms. The first-order valence-electron chi connectivity index (χ1n) is 20.6. The largest absolute Gasteiger partial charge is 0.467 e. The second-order valence-electron chi connectivity index (χ2n) is 18.5. The zero-order valence-electron chi connectivity index (χ0n) is 32.4. The highest BCUT2D eigenvalue weighted by atomic mass is 16.5. The van der Waals surface area contributed by atoms with E-state index >= 15 is 0 Å². The number of benzene rings is 1. The highest BCUT2D eigenvalue weighted by Gasteiger charge is 2.68. The van der Waals surface area contributed by atoms with Crippen LogP contribution in [-0.2, 0) is 25.7 Å². The summed E-state index contributed by atoms with van der Waals surface area (Å²) in [5, 5.41) is 4.18. The van der Waals surface area contributed by atoms with Crippen molar-refractivity contribution in [2.45, 2.75) is 123 Å². The van der Waals surface area contributed by atoms with E-state index in [4.69, 9.17) is 9.47 Å². The van der Waals surface area contributed by atoms with E-state index in [-0.39, 0.29) is 11.9 Å². The summed E-state index contributed by atoms with van der Waals surface area (Å²) in [6.07, 6.45) is 21.2. The summed E-state index contributed by atoms with van der Waals surface area (Å²) in [6, 6.07) is 10.0. The number of hydrogen-bond donors (Lipinski definition) is 1. The first kappa shape index (κ1) is 36.9. The van der Waals surface area contributed by atoms with E-state index in [0.29, 0.717) is 47.4 Å². The van der Waals surface area contributed by atoms with Crippen LogP contribution in [0.5, 0.6) is 0 Å². The van der Waals surface area contributed by atoms with Gasteiger partial charge in [-0.25, -0.2) is 0 Å². The first-order chi connectivity index (χ1) is 24.5. The second-order valence-corrected chi connectivity index (χ2v) is 18.5. The Morgan fingerprint density at radius 1 is 0.922 bits per heavy atom. The number of nitrogens with one attached hydrogen (secondary N) is 1. The number of hydrogen-bond acceptors (Lipinski definition) is 6. The third-order valence-corrected chi connectivity index (χ3v) is 16.5. The van der Waals surface area contributed by atoms with Gasteiger partial charge < -0.3 is 19.7 Å². The summed E-state index contributed by atoms with van der Waals surface area (Å²) in [7, 11) is 2.13. The lowest BCUT2D eigenvalue weighted by Gasteiger charge is -2.71. The van der Waals surface area contributed by atoms with Crippen molar-refractivity contribution >= 4 is 12.4 Å². The Morgan fingerprint density at radius 3 is 2.51 bits per heavy atom. The third kappa shape index (κ3) is 6.57. The maximum absolute atomic E-state index is 12.9. The summed E-state index contributed by atoms with van der Waals surface area (Å²) in [5.41, 5.74) is 5.60. The Balaban J connectivity index is 1.01. The van der Waals surface area contributed by atoms with Crippen molar-refractivity contribution in [1.82, 2.24) is 10.2 Å². The molecule has 0 aromatic heterocycles. The number of nitrogens with zero attached hydrogens (tertiary/aromatic N) is 1. The minimum Gasteiger partial charge on any atom is -0.467 e. The Kier molecular flexibility index (Phi) is 10.7. The van der Waals surface area contributed by atoms with Crippen LogP contribution in [0.4, 0.5) is 0 Å². The van der Waals surface area contributed by atoms with Crippen LogP contribution in [0.25, 0.3) is 0 Å². The van der Waals surface area contributed by atoms with Crippen molar-refractivity contribution in [1.29, 1.82) is 0 Å². The van der Waals surface area contributed by atoms with Gasteiger partial charge in [-0.3, -0.25) is 9.59 Å². The number of rotatable bonds is 12. The third-order valence-electron chi connectivity index (χ3n) is 16.5. The van der Waals surface area contributed by atoms with Gasteiger partial charge in [-0.15, -0.1) is 0 Å². The Hall–Kier alpha value is -2.44. The maximum atomic E-state index is 12.9. The maximum Gasteiger partial charge on any atom is 0.309 e. The molecule has 10 atom stereocenters. The van der Waals surface area contributed by atoms with Crippen LogP contribution in [0.1, 0.15) is 117 Å². The summed E-state index contributed by atoms with van der Waals surface area (Å²) in [6.45, 7) is 14.9. The number of carbonyl (C=O) groups excluding carboxylic acids is 2. The van der Waals surface area contributed by atoms with E-state index in [2.05, 4.69) is 57.1 Å². The Bertz CT molecular complexity index is 1470. The van der Waals surface area contributed by atoms with E-state index in [9.17, 15) is 9.59 Å². The molecular formula is C45H66N2O4. The molecule has 1 N–H and O–H groups in total. The smallest absolute Gasteiger partial charge is 0.309 e. The molecule has 1 aromatic rings. The molecule has 0 bridgehead atoms. The number of carbonyl (C=O) groups is 2. The first-order valence-corrected chi connectivity index (χ1v) is 20.6. The summed E-state index contributed by atoms with van der Waals surface area (Å²) >= 11 is 0. The van der Waals surface area contributed by atoms with Gasteiger partial charge in [-0.2, -0.15) is 0 Å². The van der Waals surface area contributed by atoms with Gasteiger partial charge in [0.15, 0.2) is 0 Å². The van der Waals surface area contributed by atoms with Gasteiger partial charge >= 0.3 is 5.97 Å². The van der Waals surface area contributed by atoms with Crippen LogP contribution in [0.15, 0.2) is 53.6 Å². The van der Waals surface area contributed by atoms with Crippen LogP contribution in [0.2, 0.25) is 0 Å². The van der Waals surface area contributed by atoms with Gasteiger partial charge in [0, 0.05) is 25.2 Å². The van der Waals surface area contributed by atoms with E-state index in [1.807, 2.05) is 30.3 Å².